The monoisotopic (exact) mass is 218 g/mol. The molecule has 16 heavy (non-hydrogen) atoms. The number of hydrogen-bond acceptors (Lipinski definition) is 4. The highest BCUT2D eigenvalue weighted by Gasteiger charge is 2.24. The smallest absolute Gasteiger partial charge is 0.354 e. The highest BCUT2D eigenvalue weighted by molar-refractivity contribution is 5.85. The van der Waals surface area contributed by atoms with Crippen molar-refractivity contribution in [2.75, 3.05) is 0 Å². The Morgan fingerprint density at radius 3 is 2.88 bits per heavy atom. The number of fused-ring (bicyclic) bond motifs is 1. The van der Waals surface area contributed by atoms with Gasteiger partial charge in [-0.05, 0) is 18.9 Å². The van der Waals surface area contributed by atoms with Crippen molar-refractivity contribution in [3.63, 3.8) is 0 Å². The average molecular weight is 218 g/mol. The van der Waals surface area contributed by atoms with Crippen LogP contribution in [0.15, 0.2) is 12.3 Å². The van der Waals surface area contributed by atoms with Gasteiger partial charge in [-0.25, -0.2) is 14.3 Å². The summed E-state index contributed by atoms with van der Waals surface area (Å²) < 4.78 is 1.53. The molecule has 2 heterocycles. The van der Waals surface area contributed by atoms with Crippen LogP contribution in [-0.4, -0.2) is 30.7 Å². The Morgan fingerprint density at radius 1 is 1.44 bits per heavy atom. The number of carboxylic acids is 1. The van der Waals surface area contributed by atoms with Crippen molar-refractivity contribution in [1.82, 2.24) is 19.6 Å². The Bertz CT molecular complexity index is 559. The van der Waals surface area contributed by atoms with E-state index in [1.165, 1.54) is 17.0 Å². The van der Waals surface area contributed by atoms with Gasteiger partial charge >= 0.3 is 5.97 Å². The third-order valence-corrected chi connectivity index (χ3v) is 2.91. The zero-order valence-corrected chi connectivity index (χ0v) is 8.50. The van der Waals surface area contributed by atoms with Crippen LogP contribution in [0, 0.1) is 0 Å². The van der Waals surface area contributed by atoms with E-state index in [0.717, 1.165) is 18.7 Å². The standard InChI is InChI=1S/C10H10N4O2/c15-9(16)7-4-5-14-10(11-7)12-8(13-14)6-2-1-3-6/h4-6H,1-3H2,(H,15,16). The van der Waals surface area contributed by atoms with Crippen molar-refractivity contribution >= 4 is 11.7 Å². The fraction of sp³-hybridized carbons (Fsp3) is 0.400. The van der Waals surface area contributed by atoms with Crippen LogP contribution in [0.25, 0.3) is 5.78 Å². The number of carbonyl (C=O) groups is 1. The van der Waals surface area contributed by atoms with E-state index in [-0.39, 0.29) is 5.69 Å². The van der Waals surface area contributed by atoms with Gasteiger partial charge in [-0.1, -0.05) is 6.42 Å². The average Bonchev–Trinajstić information content (AvgIpc) is 2.56. The third-order valence-electron chi connectivity index (χ3n) is 2.91. The van der Waals surface area contributed by atoms with Crippen LogP contribution < -0.4 is 0 Å². The molecule has 0 saturated heterocycles. The van der Waals surface area contributed by atoms with Gasteiger partial charge in [0.15, 0.2) is 11.5 Å². The fourth-order valence-electron chi connectivity index (χ4n) is 1.75. The molecule has 2 aromatic rings. The van der Waals surface area contributed by atoms with E-state index in [1.54, 1.807) is 6.20 Å². The zero-order chi connectivity index (χ0) is 11.1. The van der Waals surface area contributed by atoms with Crippen LogP contribution in [0.5, 0.6) is 0 Å². The summed E-state index contributed by atoms with van der Waals surface area (Å²) in [6.45, 7) is 0. The first-order valence-corrected chi connectivity index (χ1v) is 5.20. The van der Waals surface area contributed by atoms with Crippen molar-refractivity contribution in [2.45, 2.75) is 25.2 Å². The van der Waals surface area contributed by atoms with Gasteiger partial charge in [0.1, 0.15) is 0 Å². The normalized spacial score (nSPS) is 16.2. The minimum Gasteiger partial charge on any atom is -0.477 e. The minimum absolute atomic E-state index is 0.0000550. The molecule has 0 aromatic carbocycles. The molecule has 0 bridgehead atoms. The van der Waals surface area contributed by atoms with Gasteiger partial charge in [-0.15, -0.1) is 5.10 Å². The number of carboxylic acid groups (broad SMARTS) is 1. The Morgan fingerprint density at radius 2 is 2.25 bits per heavy atom. The Kier molecular flexibility index (Phi) is 1.89. The minimum atomic E-state index is -1.05. The highest BCUT2D eigenvalue weighted by atomic mass is 16.4. The lowest BCUT2D eigenvalue weighted by Crippen LogP contribution is -2.10. The van der Waals surface area contributed by atoms with Crippen LogP contribution in [0.1, 0.15) is 41.5 Å². The summed E-state index contributed by atoms with van der Waals surface area (Å²) >= 11 is 0. The van der Waals surface area contributed by atoms with Crippen LogP contribution in [0.3, 0.4) is 0 Å². The van der Waals surface area contributed by atoms with Gasteiger partial charge in [0, 0.05) is 12.1 Å². The van der Waals surface area contributed by atoms with Crippen LogP contribution in [0.4, 0.5) is 0 Å². The molecule has 6 nitrogen and oxygen atoms in total. The summed E-state index contributed by atoms with van der Waals surface area (Å²) in [6, 6.07) is 1.43. The molecule has 0 aliphatic heterocycles. The lowest BCUT2D eigenvalue weighted by Gasteiger charge is -2.21. The van der Waals surface area contributed by atoms with E-state index in [4.69, 9.17) is 5.11 Å². The van der Waals surface area contributed by atoms with E-state index in [9.17, 15) is 4.79 Å². The first kappa shape index (κ1) is 9.26. The van der Waals surface area contributed by atoms with Gasteiger partial charge in [-0.3, -0.25) is 0 Å². The van der Waals surface area contributed by atoms with Crippen molar-refractivity contribution < 1.29 is 9.90 Å². The molecule has 0 amide bonds. The van der Waals surface area contributed by atoms with Gasteiger partial charge in [0.05, 0.1) is 0 Å². The maximum absolute atomic E-state index is 10.7. The van der Waals surface area contributed by atoms with Crippen molar-refractivity contribution in [2.24, 2.45) is 0 Å². The second kappa shape index (κ2) is 3.26. The van der Waals surface area contributed by atoms with E-state index >= 15 is 0 Å². The van der Waals surface area contributed by atoms with Gasteiger partial charge in [-0.2, -0.15) is 4.98 Å². The van der Waals surface area contributed by atoms with Crippen molar-refractivity contribution in [3.05, 3.63) is 23.8 Å². The molecule has 0 spiro atoms. The SMILES string of the molecule is O=C(O)c1ccn2nc(C3CCC3)nc2n1. The van der Waals surface area contributed by atoms with Crippen LogP contribution in [-0.2, 0) is 0 Å². The molecule has 1 fully saturated rings. The molecule has 2 aromatic heterocycles. The largest absolute Gasteiger partial charge is 0.477 e. The predicted octanol–water partition coefficient (Wildman–Crippen LogP) is 1.09. The first-order valence-electron chi connectivity index (χ1n) is 5.20. The van der Waals surface area contributed by atoms with E-state index < -0.39 is 5.97 Å². The zero-order valence-electron chi connectivity index (χ0n) is 8.50. The number of hydrogen-bond donors (Lipinski definition) is 1. The molecule has 82 valence electrons. The molecule has 3 rings (SSSR count). The van der Waals surface area contributed by atoms with Crippen molar-refractivity contribution in [3.8, 4) is 0 Å². The van der Waals surface area contributed by atoms with Crippen LogP contribution in [0.2, 0.25) is 0 Å². The maximum atomic E-state index is 10.7. The maximum Gasteiger partial charge on any atom is 0.354 e. The molecule has 1 aliphatic carbocycles. The Hall–Kier alpha value is -1.98. The molecule has 0 unspecified atom stereocenters. The quantitative estimate of drug-likeness (QED) is 0.816. The van der Waals surface area contributed by atoms with Crippen molar-refractivity contribution in [1.29, 1.82) is 0 Å². The molecule has 1 saturated carbocycles. The summed E-state index contributed by atoms with van der Waals surface area (Å²) in [5, 5.41) is 13.1. The summed E-state index contributed by atoms with van der Waals surface area (Å²) in [5.74, 6) is 0.522. The summed E-state index contributed by atoms with van der Waals surface area (Å²) in [6.07, 6.45) is 5.03. The van der Waals surface area contributed by atoms with Gasteiger partial charge in [0.2, 0.25) is 0 Å². The number of nitrogens with zero attached hydrogens (tertiary/aromatic N) is 4. The Balaban J connectivity index is 2.06. The molecule has 1 N–H and O–H groups in total. The van der Waals surface area contributed by atoms with Gasteiger partial charge in [0.25, 0.3) is 5.78 Å². The highest BCUT2D eigenvalue weighted by Crippen LogP contribution is 2.34. The topological polar surface area (TPSA) is 80.4 Å². The summed E-state index contributed by atoms with van der Waals surface area (Å²) in [7, 11) is 0. The molecule has 0 atom stereocenters. The predicted molar refractivity (Wildman–Crippen MR) is 54.3 cm³/mol. The molecular weight excluding hydrogens is 208 g/mol. The molecule has 6 heteroatoms. The number of rotatable bonds is 2. The third kappa shape index (κ3) is 1.34. The number of aromatic carboxylic acids is 1. The van der Waals surface area contributed by atoms with Gasteiger partial charge < -0.3 is 5.11 Å². The lowest BCUT2D eigenvalue weighted by atomic mass is 9.85. The molecular formula is C10H10N4O2. The second-order valence-corrected chi connectivity index (χ2v) is 3.96. The first-order chi connectivity index (χ1) is 7.74. The molecule has 0 radical (unpaired) electrons. The molecule has 1 aliphatic rings. The number of aromatic nitrogens is 4. The summed E-state index contributed by atoms with van der Waals surface area (Å²) in [4.78, 5) is 18.9. The summed E-state index contributed by atoms with van der Waals surface area (Å²) in [5.41, 5.74) is 0.0000550. The van der Waals surface area contributed by atoms with E-state index in [0.29, 0.717) is 11.7 Å². The second-order valence-electron chi connectivity index (χ2n) is 3.96. The van der Waals surface area contributed by atoms with Crippen LogP contribution >= 0.6 is 0 Å². The fourth-order valence-corrected chi connectivity index (χ4v) is 1.75. The lowest BCUT2D eigenvalue weighted by molar-refractivity contribution is 0.0690. The Labute approximate surface area is 91.0 Å². The van der Waals surface area contributed by atoms with E-state index in [2.05, 4.69) is 15.1 Å². The van der Waals surface area contributed by atoms with E-state index in [1.807, 2.05) is 0 Å².